The molecule has 1 aliphatic heterocycles. The van der Waals surface area contributed by atoms with Gasteiger partial charge in [-0.1, -0.05) is 11.8 Å². The Morgan fingerprint density at radius 1 is 1.09 bits per heavy atom. The van der Waals surface area contributed by atoms with Gasteiger partial charge in [-0.3, -0.25) is 14.2 Å². The van der Waals surface area contributed by atoms with Crippen LogP contribution in [0.25, 0.3) is 15.9 Å². The second-order valence-electron chi connectivity index (χ2n) is 8.35. The third-order valence-electron chi connectivity index (χ3n) is 6.32. The predicted octanol–water partition coefficient (Wildman–Crippen LogP) is 4.44. The molecule has 1 saturated heterocycles. The number of carbonyl (C=O) groups excluding carboxylic acids is 1. The summed E-state index contributed by atoms with van der Waals surface area (Å²) in [5.74, 6) is 1.15. The van der Waals surface area contributed by atoms with E-state index in [1.807, 2.05) is 29.2 Å². The van der Waals surface area contributed by atoms with E-state index in [-0.39, 0.29) is 11.5 Å². The maximum atomic E-state index is 13.8. The van der Waals surface area contributed by atoms with Gasteiger partial charge in [0.05, 0.1) is 23.9 Å². The smallest absolute Gasteiger partial charge is 0.267 e. The van der Waals surface area contributed by atoms with Crippen molar-refractivity contribution in [3.63, 3.8) is 0 Å². The highest BCUT2D eigenvalue weighted by Crippen LogP contribution is 2.35. The molecule has 3 aromatic rings. The fraction of sp³-hybridized carbons (Fsp3) is 0.458. The second-order valence-corrected chi connectivity index (χ2v) is 10.4. The van der Waals surface area contributed by atoms with Crippen molar-refractivity contribution in [2.45, 2.75) is 50.1 Å². The van der Waals surface area contributed by atoms with Crippen LogP contribution in [0.1, 0.15) is 42.5 Å². The molecule has 1 amide bonds. The fourth-order valence-electron chi connectivity index (χ4n) is 4.60. The molecule has 168 valence electrons. The number of hydrogen-bond acceptors (Lipinski definition) is 6. The van der Waals surface area contributed by atoms with Crippen LogP contribution >= 0.6 is 23.1 Å². The van der Waals surface area contributed by atoms with E-state index in [0.717, 1.165) is 66.8 Å². The summed E-state index contributed by atoms with van der Waals surface area (Å²) < 4.78 is 6.97. The van der Waals surface area contributed by atoms with Crippen molar-refractivity contribution in [1.29, 1.82) is 0 Å². The van der Waals surface area contributed by atoms with E-state index in [1.165, 1.54) is 35.0 Å². The molecule has 2 aliphatic rings. The molecule has 0 spiro atoms. The zero-order valence-corrected chi connectivity index (χ0v) is 19.9. The number of ether oxygens (including phenoxy) is 1. The number of carbonyl (C=O) groups is 1. The van der Waals surface area contributed by atoms with E-state index in [9.17, 15) is 9.59 Å². The zero-order chi connectivity index (χ0) is 22.1. The first-order chi connectivity index (χ1) is 15.7. The number of thiophene rings is 1. The topological polar surface area (TPSA) is 64.4 Å². The summed E-state index contributed by atoms with van der Waals surface area (Å²) >= 11 is 3.01. The maximum Gasteiger partial charge on any atom is 0.267 e. The molecule has 0 radical (unpaired) electrons. The van der Waals surface area contributed by atoms with Crippen molar-refractivity contribution in [2.75, 3.05) is 26.0 Å². The van der Waals surface area contributed by atoms with Crippen LogP contribution in [0.3, 0.4) is 0 Å². The Morgan fingerprint density at radius 3 is 2.59 bits per heavy atom. The highest BCUT2D eigenvalue weighted by atomic mass is 32.2. The molecule has 1 fully saturated rings. The van der Waals surface area contributed by atoms with E-state index in [1.54, 1.807) is 23.0 Å². The number of aromatic nitrogens is 2. The second kappa shape index (κ2) is 9.27. The third-order valence-corrected chi connectivity index (χ3v) is 8.43. The fourth-order valence-corrected chi connectivity index (χ4v) is 6.82. The average Bonchev–Trinajstić information content (AvgIpc) is 3.22. The lowest BCUT2D eigenvalue weighted by atomic mass is 9.97. The largest absolute Gasteiger partial charge is 0.497 e. The Bertz CT molecular complexity index is 1190. The zero-order valence-electron chi connectivity index (χ0n) is 18.3. The summed E-state index contributed by atoms with van der Waals surface area (Å²) in [5.41, 5.74) is 1.89. The SMILES string of the molecule is COc1ccc(-n2c(SCC(=O)N3CCCCC3)nc3sc4c(c3c2=O)CCCC4)cc1. The van der Waals surface area contributed by atoms with Gasteiger partial charge >= 0.3 is 0 Å². The summed E-state index contributed by atoms with van der Waals surface area (Å²) in [4.78, 5) is 35.5. The molecule has 0 saturated carbocycles. The normalized spacial score (nSPS) is 16.2. The van der Waals surface area contributed by atoms with Crippen LogP contribution in [0.4, 0.5) is 0 Å². The van der Waals surface area contributed by atoms with Gasteiger partial charge in [-0.05, 0) is 74.8 Å². The Morgan fingerprint density at radius 2 is 1.84 bits per heavy atom. The predicted molar refractivity (Wildman–Crippen MR) is 130 cm³/mol. The summed E-state index contributed by atoms with van der Waals surface area (Å²) in [6, 6.07) is 7.46. The number of aryl methyl sites for hydroxylation is 2. The minimum absolute atomic E-state index is 0.0347. The van der Waals surface area contributed by atoms with Gasteiger partial charge in [0, 0.05) is 18.0 Å². The van der Waals surface area contributed by atoms with Gasteiger partial charge in [0.25, 0.3) is 5.56 Å². The Labute approximate surface area is 195 Å². The minimum Gasteiger partial charge on any atom is -0.497 e. The number of fused-ring (bicyclic) bond motifs is 3. The molecular weight excluding hydrogens is 442 g/mol. The quantitative estimate of drug-likeness (QED) is 0.408. The number of amides is 1. The van der Waals surface area contributed by atoms with E-state index < -0.39 is 0 Å². The number of thioether (sulfide) groups is 1. The number of rotatable bonds is 5. The van der Waals surface area contributed by atoms with Gasteiger partial charge in [-0.2, -0.15) is 0 Å². The molecule has 8 heteroatoms. The first-order valence-corrected chi connectivity index (χ1v) is 13.1. The number of methoxy groups -OCH3 is 1. The van der Waals surface area contributed by atoms with Crippen molar-refractivity contribution in [2.24, 2.45) is 0 Å². The summed E-state index contributed by atoms with van der Waals surface area (Å²) in [5, 5.41) is 1.34. The van der Waals surface area contributed by atoms with Crippen LogP contribution in [0, 0.1) is 0 Å². The van der Waals surface area contributed by atoms with Gasteiger partial charge < -0.3 is 9.64 Å². The van der Waals surface area contributed by atoms with E-state index in [0.29, 0.717) is 10.9 Å². The molecule has 0 atom stereocenters. The van der Waals surface area contributed by atoms with Crippen molar-refractivity contribution in [3.8, 4) is 11.4 Å². The van der Waals surface area contributed by atoms with Crippen LogP contribution in [0.2, 0.25) is 0 Å². The Balaban J connectivity index is 1.56. The number of piperidine rings is 1. The number of likely N-dealkylation sites (tertiary alicyclic amines) is 1. The lowest BCUT2D eigenvalue weighted by Gasteiger charge is -2.26. The molecule has 2 aromatic heterocycles. The molecule has 5 rings (SSSR count). The molecule has 6 nitrogen and oxygen atoms in total. The monoisotopic (exact) mass is 469 g/mol. The van der Waals surface area contributed by atoms with Crippen LogP contribution < -0.4 is 10.3 Å². The summed E-state index contributed by atoms with van der Waals surface area (Å²) in [7, 11) is 1.62. The van der Waals surface area contributed by atoms with Crippen LogP contribution in [-0.2, 0) is 17.6 Å². The highest BCUT2D eigenvalue weighted by Gasteiger charge is 2.24. The van der Waals surface area contributed by atoms with Gasteiger partial charge in [-0.15, -0.1) is 11.3 Å². The molecule has 0 bridgehead atoms. The third kappa shape index (κ3) is 4.06. The van der Waals surface area contributed by atoms with Crippen molar-refractivity contribution < 1.29 is 9.53 Å². The van der Waals surface area contributed by atoms with Crippen LogP contribution in [0.5, 0.6) is 5.75 Å². The molecule has 3 heterocycles. The van der Waals surface area contributed by atoms with E-state index >= 15 is 0 Å². The lowest BCUT2D eigenvalue weighted by Crippen LogP contribution is -2.36. The van der Waals surface area contributed by atoms with Crippen LogP contribution in [-0.4, -0.2) is 46.3 Å². The summed E-state index contributed by atoms with van der Waals surface area (Å²) in [6.07, 6.45) is 7.56. The minimum atomic E-state index is -0.0347. The van der Waals surface area contributed by atoms with Gasteiger partial charge in [0.1, 0.15) is 10.6 Å². The van der Waals surface area contributed by atoms with Gasteiger partial charge in [-0.25, -0.2) is 4.98 Å². The van der Waals surface area contributed by atoms with Crippen LogP contribution in [0.15, 0.2) is 34.2 Å². The Hall–Kier alpha value is -2.32. The van der Waals surface area contributed by atoms with Crippen molar-refractivity contribution in [1.82, 2.24) is 14.5 Å². The first-order valence-electron chi connectivity index (χ1n) is 11.3. The molecular formula is C24H27N3O3S2. The molecule has 32 heavy (non-hydrogen) atoms. The number of hydrogen-bond donors (Lipinski definition) is 0. The molecule has 0 N–H and O–H groups in total. The molecule has 1 aromatic carbocycles. The number of nitrogens with zero attached hydrogens (tertiary/aromatic N) is 3. The highest BCUT2D eigenvalue weighted by molar-refractivity contribution is 7.99. The standard InChI is InChI=1S/C24H27N3O3S2/c1-30-17-11-9-16(10-12-17)27-23(29)21-18-7-3-4-8-19(18)32-22(21)25-24(27)31-15-20(28)26-13-5-2-6-14-26/h9-12H,2-8,13-15H2,1H3. The molecule has 1 aliphatic carbocycles. The Kier molecular flexibility index (Phi) is 6.24. The van der Waals surface area contributed by atoms with Gasteiger partial charge in [0.15, 0.2) is 5.16 Å². The van der Waals surface area contributed by atoms with Gasteiger partial charge in [0.2, 0.25) is 5.91 Å². The maximum absolute atomic E-state index is 13.8. The van der Waals surface area contributed by atoms with E-state index in [4.69, 9.17) is 9.72 Å². The summed E-state index contributed by atoms with van der Waals surface area (Å²) in [6.45, 7) is 1.66. The first kappa shape index (κ1) is 21.5. The number of benzene rings is 1. The van der Waals surface area contributed by atoms with E-state index in [2.05, 4.69) is 0 Å². The molecule has 0 unspecified atom stereocenters. The average molecular weight is 470 g/mol. The van der Waals surface area contributed by atoms with Crippen molar-refractivity contribution >= 4 is 39.2 Å². The lowest BCUT2D eigenvalue weighted by molar-refractivity contribution is -0.129. The van der Waals surface area contributed by atoms with Crippen molar-refractivity contribution in [3.05, 3.63) is 45.1 Å².